The van der Waals surface area contributed by atoms with E-state index in [4.69, 9.17) is 0 Å². The average molecular weight is 348 g/mol. The molecule has 0 saturated carbocycles. The van der Waals surface area contributed by atoms with Crippen molar-refractivity contribution in [3.05, 3.63) is 47.6 Å². The summed E-state index contributed by atoms with van der Waals surface area (Å²) >= 11 is -0.540. The maximum absolute atomic E-state index is 2.46. The van der Waals surface area contributed by atoms with Crippen LogP contribution in [0, 0.1) is 0 Å². The smallest absolute Gasteiger partial charge is 1.00 e. The largest absolute Gasteiger partial charge is 1.00 e. The molecule has 0 spiro atoms. The minimum atomic E-state index is -0.540. The predicted molar refractivity (Wildman–Crippen MR) is 62.5 cm³/mol. The maximum atomic E-state index is 2.46. The van der Waals surface area contributed by atoms with Gasteiger partial charge in [-0.1, -0.05) is 0 Å². The summed E-state index contributed by atoms with van der Waals surface area (Å²) in [5, 5.41) is 0. The summed E-state index contributed by atoms with van der Waals surface area (Å²) in [6.45, 7) is 9.29. The van der Waals surface area contributed by atoms with Crippen LogP contribution in [0.3, 0.4) is 0 Å². The number of hydrogen-bond donors (Lipinski definition) is 0. The summed E-state index contributed by atoms with van der Waals surface area (Å²) in [4.78, 5) is 0. The van der Waals surface area contributed by atoms with Gasteiger partial charge in [-0.15, -0.1) is 0 Å². The number of rotatable bonds is 2. The fourth-order valence-corrected chi connectivity index (χ4v) is 7.37. The second kappa shape index (κ2) is 6.04. The second-order valence-electron chi connectivity index (χ2n) is 5.04. The molecule has 2 rings (SSSR count). The van der Waals surface area contributed by atoms with Gasteiger partial charge in [0.1, 0.15) is 0 Å². The van der Waals surface area contributed by atoms with Gasteiger partial charge in [-0.2, -0.15) is 0 Å². The summed E-state index contributed by atoms with van der Waals surface area (Å²) in [7, 11) is 0. The van der Waals surface area contributed by atoms with Crippen LogP contribution < -0.4 is 24.8 Å². The Balaban J connectivity index is 0.00000128. The zero-order chi connectivity index (χ0) is 11.1. The monoisotopic (exact) mass is 346 g/mol. The van der Waals surface area contributed by atoms with Gasteiger partial charge >= 0.3 is 105 Å². The molecule has 0 amide bonds. The average Bonchev–Trinajstić information content (AvgIpc) is 2.59. The Kier molecular flexibility index (Phi) is 6.19. The van der Waals surface area contributed by atoms with Crippen LogP contribution in [0.5, 0.6) is 0 Å². The molecule has 0 aliphatic heterocycles. The number of allylic oxidation sites excluding steroid dienone is 8. The molecule has 0 aromatic heterocycles. The molecule has 2 aliphatic rings. The molecule has 0 saturated heterocycles. The Morgan fingerprint density at radius 1 is 1.06 bits per heavy atom. The minimum Gasteiger partial charge on any atom is -1.00 e. The van der Waals surface area contributed by atoms with E-state index in [0.29, 0.717) is 6.25 Å². The van der Waals surface area contributed by atoms with Crippen molar-refractivity contribution < 1.29 is 48.0 Å². The van der Waals surface area contributed by atoms with E-state index < -0.39 is 23.2 Å². The van der Waals surface area contributed by atoms with Gasteiger partial charge in [-0.3, -0.25) is 0 Å². The normalized spacial score (nSPS) is 33.4. The van der Waals surface area contributed by atoms with Crippen molar-refractivity contribution in [2.24, 2.45) is 0 Å². The molecule has 2 atom stereocenters. The third-order valence-corrected chi connectivity index (χ3v) is 8.09. The molecule has 0 radical (unpaired) electrons. The molecule has 2 unspecified atom stereocenters. The van der Waals surface area contributed by atoms with E-state index in [1.54, 1.807) is 5.57 Å². The Labute approximate surface area is 129 Å². The van der Waals surface area contributed by atoms with Gasteiger partial charge in [0.25, 0.3) is 0 Å². The van der Waals surface area contributed by atoms with Crippen LogP contribution in [0.4, 0.5) is 0 Å². The van der Waals surface area contributed by atoms with Gasteiger partial charge in [0.2, 0.25) is 0 Å². The standard InChI is InChI=1S/2C7H9.2ClH.Zr/c1-6-3-4-7(2)5-6;1-6-4-3-5-7(6)2;;;/h2*3-5H,1-2H3;2*1H;/q;;;;+2/p-2. The molecule has 0 heterocycles. The van der Waals surface area contributed by atoms with E-state index in [9.17, 15) is 0 Å². The van der Waals surface area contributed by atoms with Crippen LogP contribution in [-0.4, -0.2) is 0 Å². The van der Waals surface area contributed by atoms with Gasteiger partial charge in [0, 0.05) is 0 Å². The van der Waals surface area contributed by atoms with Gasteiger partial charge in [0.15, 0.2) is 0 Å². The van der Waals surface area contributed by atoms with Crippen molar-refractivity contribution in [2.75, 3.05) is 0 Å². The van der Waals surface area contributed by atoms with Gasteiger partial charge in [0.05, 0.1) is 0 Å². The van der Waals surface area contributed by atoms with Crippen molar-refractivity contribution >= 4 is 0 Å². The Bertz CT molecular complexity index is 406. The molecule has 2 aliphatic carbocycles. The molecule has 92 valence electrons. The predicted octanol–water partition coefficient (Wildman–Crippen LogP) is -1.53. The van der Waals surface area contributed by atoms with E-state index in [2.05, 4.69) is 64.2 Å². The maximum Gasteiger partial charge on any atom is -1.00 e. The molecule has 0 fully saturated rings. The van der Waals surface area contributed by atoms with Gasteiger partial charge in [-0.25, -0.2) is 0 Å². The second-order valence-corrected chi connectivity index (χ2v) is 10.9. The number of halogens is 2. The molecule has 0 nitrogen and oxygen atoms in total. The molecule has 0 aromatic carbocycles. The van der Waals surface area contributed by atoms with E-state index in [0.717, 1.165) is 0 Å². The topological polar surface area (TPSA) is 0 Å². The summed E-state index contributed by atoms with van der Waals surface area (Å²) in [6, 6.07) is 0. The van der Waals surface area contributed by atoms with Crippen LogP contribution in [0.25, 0.3) is 0 Å². The zero-order valence-corrected chi connectivity index (χ0v) is 14.7. The van der Waals surface area contributed by atoms with Crippen molar-refractivity contribution in [2.45, 2.75) is 33.9 Å². The third-order valence-electron chi connectivity index (χ3n) is 3.34. The van der Waals surface area contributed by atoms with Crippen molar-refractivity contribution in [1.82, 2.24) is 0 Å². The first-order chi connectivity index (χ1) is 6.94. The number of hydrogen-bond acceptors (Lipinski definition) is 0. The Morgan fingerprint density at radius 2 is 1.71 bits per heavy atom. The van der Waals surface area contributed by atoms with Crippen LogP contribution in [0.1, 0.15) is 27.7 Å². The fourth-order valence-electron chi connectivity index (χ4n) is 2.34. The van der Waals surface area contributed by atoms with Crippen molar-refractivity contribution in [3.63, 3.8) is 0 Å². The molecule has 3 heteroatoms. The van der Waals surface area contributed by atoms with Crippen LogP contribution in [-0.2, 0) is 23.2 Å². The minimum absolute atomic E-state index is 0. The Morgan fingerprint density at radius 3 is 2.12 bits per heavy atom. The SMILES string of the molecule is CC1=C[C](C)([Zr+2][C]2(C)C=CC=C2C)C=C1.[Cl-].[Cl-]. The molecule has 0 bridgehead atoms. The molecular formula is C14H18Cl2Zr. The molecule has 0 N–H and O–H groups in total. The van der Waals surface area contributed by atoms with Crippen molar-refractivity contribution in [3.8, 4) is 0 Å². The fraction of sp³-hybridized carbons (Fsp3) is 0.429. The molecular weight excluding hydrogens is 330 g/mol. The summed E-state index contributed by atoms with van der Waals surface area (Å²) in [6.07, 6.45) is 14.1. The van der Waals surface area contributed by atoms with Gasteiger partial charge < -0.3 is 24.8 Å². The molecule has 17 heavy (non-hydrogen) atoms. The summed E-state index contributed by atoms with van der Waals surface area (Å²) < 4.78 is 0.829. The van der Waals surface area contributed by atoms with E-state index in [1.165, 1.54) is 5.57 Å². The summed E-state index contributed by atoms with van der Waals surface area (Å²) in [5.41, 5.74) is 2.99. The molecule has 0 aromatic rings. The van der Waals surface area contributed by atoms with Crippen LogP contribution in [0.2, 0.25) is 6.25 Å². The first kappa shape index (κ1) is 17.4. The van der Waals surface area contributed by atoms with E-state index in [-0.39, 0.29) is 24.8 Å². The Hall–Kier alpha value is 0.423. The first-order valence-electron chi connectivity index (χ1n) is 5.48. The van der Waals surface area contributed by atoms with Crippen LogP contribution >= 0.6 is 0 Å². The van der Waals surface area contributed by atoms with Crippen LogP contribution in [0.15, 0.2) is 47.6 Å². The zero-order valence-electron chi connectivity index (χ0n) is 10.7. The van der Waals surface area contributed by atoms with E-state index in [1.807, 2.05) is 0 Å². The first-order valence-corrected chi connectivity index (χ1v) is 7.94. The quantitative estimate of drug-likeness (QED) is 0.568. The summed E-state index contributed by atoms with van der Waals surface area (Å²) in [5.74, 6) is 0. The van der Waals surface area contributed by atoms with Gasteiger partial charge in [-0.05, 0) is 0 Å². The van der Waals surface area contributed by atoms with Crippen molar-refractivity contribution in [1.29, 1.82) is 0 Å². The van der Waals surface area contributed by atoms with E-state index >= 15 is 0 Å². The third kappa shape index (κ3) is 3.69.